The number of piperidine rings is 2. The molecule has 2 heterocycles. The van der Waals surface area contributed by atoms with Crippen LogP contribution < -0.4 is 0 Å². The fourth-order valence-electron chi connectivity index (χ4n) is 4.01. The minimum atomic E-state index is -0.141. The van der Waals surface area contributed by atoms with Gasteiger partial charge in [0.2, 0.25) is 0 Å². The lowest BCUT2D eigenvalue weighted by molar-refractivity contribution is 0.0623. The van der Waals surface area contributed by atoms with Crippen molar-refractivity contribution >= 4 is 35.0 Å². The molecule has 2 amide bonds. The molecule has 0 bridgehead atoms. The Balaban J connectivity index is 1.86. The van der Waals surface area contributed by atoms with Gasteiger partial charge in [-0.15, -0.1) is 0 Å². The quantitative estimate of drug-likeness (QED) is 0.703. The normalized spacial score (nSPS) is 23.8. The summed E-state index contributed by atoms with van der Waals surface area (Å²) >= 11 is 12.8. The Kier molecular flexibility index (Phi) is 6.13. The number of benzene rings is 1. The van der Waals surface area contributed by atoms with E-state index in [0.717, 1.165) is 51.6 Å². The van der Waals surface area contributed by atoms with Gasteiger partial charge in [-0.3, -0.25) is 9.59 Å². The van der Waals surface area contributed by atoms with Crippen LogP contribution in [0.1, 0.15) is 73.1 Å². The van der Waals surface area contributed by atoms with Crippen LogP contribution in [0.4, 0.5) is 0 Å². The molecule has 6 heteroatoms. The van der Waals surface area contributed by atoms with Crippen molar-refractivity contribution in [2.24, 2.45) is 0 Å². The third-order valence-electron chi connectivity index (χ3n) is 5.63. The minimum absolute atomic E-state index is 0.0636. The molecule has 0 aliphatic carbocycles. The summed E-state index contributed by atoms with van der Waals surface area (Å²) in [7, 11) is 0. The van der Waals surface area contributed by atoms with Gasteiger partial charge in [-0.2, -0.15) is 0 Å². The van der Waals surface area contributed by atoms with Crippen molar-refractivity contribution < 1.29 is 9.59 Å². The van der Waals surface area contributed by atoms with Gasteiger partial charge in [-0.05, 0) is 64.5 Å². The molecule has 0 spiro atoms. The molecular weight excluding hydrogens is 371 g/mol. The third kappa shape index (κ3) is 3.86. The number of likely N-dealkylation sites (tertiary alicyclic amines) is 2. The van der Waals surface area contributed by atoms with Crippen molar-refractivity contribution in [2.75, 3.05) is 13.1 Å². The number of carbonyl (C=O) groups excluding carboxylic acids is 2. The van der Waals surface area contributed by atoms with Gasteiger partial charge in [0.05, 0.1) is 15.6 Å². The van der Waals surface area contributed by atoms with Crippen LogP contribution in [0.15, 0.2) is 12.1 Å². The zero-order chi connectivity index (χ0) is 18.8. The SMILES string of the molecule is C[C@@H]1CCCCN1C(=O)c1cc(Cl)c(C(=O)N2CCCC[C@@H]2C)c(Cl)c1. The van der Waals surface area contributed by atoms with Gasteiger partial charge in [0.1, 0.15) is 0 Å². The molecule has 1 aromatic rings. The molecule has 2 fully saturated rings. The standard InChI is InChI=1S/C20H26Cl2N2O2/c1-13-7-3-5-9-23(13)19(25)15-11-16(21)18(17(22)12-15)20(26)24-10-6-4-8-14(24)2/h11-14H,3-10H2,1-2H3/t13-,14+/m1/s1. The first-order valence-electron chi connectivity index (χ1n) is 9.51. The van der Waals surface area contributed by atoms with Crippen LogP contribution in [-0.2, 0) is 0 Å². The molecule has 0 N–H and O–H groups in total. The summed E-state index contributed by atoms with van der Waals surface area (Å²) in [5.74, 6) is -0.205. The number of amides is 2. The summed E-state index contributed by atoms with van der Waals surface area (Å²) in [4.78, 5) is 29.5. The Bertz CT molecular complexity index is 684. The van der Waals surface area contributed by atoms with Crippen LogP contribution in [0.3, 0.4) is 0 Å². The van der Waals surface area contributed by atoms with Crippen LogP contribution in [0.25, 0.3) is 0 Å². The van der Waals surface area contributed by atoms with Crippen molar-refractivity contribution in [2.45, 2.75) is 64.5 Å². The van der Waals surface area contributed by atoms with Gasteiger partial charge in [0.15, 0.2) is 0 Å². The predicted molar refractivity (Wildman–Crippen MR) is 105 cm³/mol. The molecule has 1 aromatic carbocycles. The number of hydrogen-bond acceptors (Lipinski definition) is 2. The van der Waals surface area contributed by atoms with Gasteiger partial charge in [0.25, 0.3) is 11.8 Å². The predicted octanol–water partition coefficient (Wildman–Crippen LogP) is 5.02. The highest BCUT2D eigenvalue weighted by Crippen LogP contribution is 2.31. The molecule has 0 aromatic heterocycles. The number of rotatable bonds is 2. The van der Waals surface area contributed by atoms with Crippen molar-refractivity contribution in [1.29, 1.82) is 0 Å². The Morgan fingerprint density at radius 2 is 1.31 bits per heavy atom. The molecule has 2 aliphatic rings. The summed E-state index contributed by atoms with van der Waals surface area (Å²) in [5.41, 5.74) is 0.766. The van der Waals surface area contributed by atoms with Crippen LogP contribution in [0.2, 0.25) is 10.0 Å². The average molecular weight is 397 g/mol. The molecule has 2 atom stereocenters. The number of hydrogen-bond donors (Lipinski definition) is 0. The van der Waals surface area contributed by atoms with Crippen molar-refractivity contribution in [3.8, 4) is 0 Å². The Labute approximate surface area is 165 Å². The van der Waals surface area contributed by atoms with E-state index in [1.54, 1.807) is 12.1 Å². The van der Waals surface area contributed by atoms with Crippen molar-refractivity contribution in [3.63, 3.8) is 0 Å². The minimum Gasteiger partial charge on any atom is -0.336 e. The average Bonchev–Trinajstić information content (AvgIpc) is 2.61. The second-order valence-corrected chi connectivity index (χ2v) is 8.32. The fourth-order valence-corrected chi connectivity index (χ4v) is 4.66. The topological polar surface area (TPSA) is 40.6 Å². The maximum atomic E-state index is 12.9. The van der Waals surface area contributed by atoms with Gasteiger partial charge in [-0.25, -0.2) is 0 Å². The van der Waals surface area contributed by atoms with E-state index in [2.05, 4.69) is 13.8 Å². The van der Waals surface area contributed by atoms with E-state index in [0.29, 0.717) is 11.1 Å². The molecule has 3 rings (SSSR count). The molecule has 2 saturated heterocycles. The van der Waals surface area contributed by atoms with Gasteiger partial charge < -0.3 is 9.80 Å². The van der Waals surface area contributed by atoms with Crippen LogP contribution in [-0.4, -0.2) is 46.8 Å². The highest BCUT2D eigenvalue weighted by molar-refractivity contribution is 6.40. The number of halogens is 2. The largest absolute Gasteiger partial charge is 0.336 e. The van der Waals surface area contributed by atoms with Crippen molar-refractivity contribution in [1.82, 2.24) is 9.80 Å². The molecule has 26 heavy (non-hydrogen) atoms. The number of nitrogens with zero attached hydrogens (tertiary/aromatic N) is 2. The second-order valence-electron chi connectivity index (χ2n) is 7.50. The molecular formula is C20H26Cl2N2O2. The monoisotopic (exact) mass is 396 g/mol. The van der Waals surface area contributed by atoms with E-state index in [-0.39, 0.29) is 33.9 Å². The summed E-state index contributed by atoms with van der Waals surface area (Å²) in [6.07, 6.45) is 6.29. The third-order valence-corrected chi connectivity index (χ3v) is 6.23. The zero-order valence-electron chi connectivity index (χ0n) is 15.4. The summed E-state index contributed by atoms with van der Waals surface area (Å²) < 4.78 is 0. The first kappa shape index (κ1) is 19.5. The Morgan fingerprint density at radius 3 is 1.77 bits per heavy atom. The Morgan fingerprint density at radius 1 is 0.846 bits per heavy atom. The zero-order valence-corrected chi connectivity index (χ0v) is 16.9. The van der Waals surface area contributed by atoms with Gasteiger partial charge >= 0.3 is 0 Å². The van der Waals surface area contributed by atoms with Gasteiger partial charge in [-0.1, -0.05) is 23.2 Å². The molecule has 0 saturated carbocycles. The molecule has 0 unspecified atom stereocenters. The molecule has 4 nitrogen and oxygen atoms in total. The lowest BCUT2D eigenvalue weighted by atomic mass is 10.0. The van der Waals surface area contributed by atoms with E-state index >= 15 is 0 Å². The smallest absolute Gasteiger partial charge is 0.257 e. The molecule has 2 aliphatic heterocycles. The maximum absolute atomic E-state index is 12.9. The Hall–Kier alpha value is -1.26. The molecule has 142 valence electrons. The summed E-state index contributed by atoms with van der Waals surface area (Å²) in [6, 6.07) is 3.58. The van der Waals surface area contributed by atoms with E-state index < -0.39 is 0 Å². The first-order chi connectivity index (χ1) is 12.4. The van der Waals surface area contributed by atoms with E-state index in [4.69, 9.17) is 23.2 Å². The van der Waals surface area contributed by atoms with Crippen molar-refractivity contribution in [3.05, 3.63) is 33.3 Å². The highest BCUT2D eigenvalue weighted by atomic mass is 35.5. The maximum Gasteiger partial charge on any atom is 0.257 e. The van der Waals surface area contributed by atoms with Crippen LogP contribution >= 0.6 is 23.2 Å². The van der Waals surface area contributed by atoms with E-state index in [9.17, 15) is 9.59 Å². The summed E-state index contributed by atoms with van der Waals surface area (Å²) in [5, 5.41) is 0.515. The highest BCUT2D eigenvalue weighted by Gasteiger charge is 2.30. The lowest BCUT2D eigenvalue weighted by Gasteiger charge is -2.34. The molecule has 0 radical (unpaired) electrons. The fraction of sp³-hybridized carbons (Fsp3) is 0.600. The van der Waals surface area contributed by atoms with Crippen LogP contribution in [0.5, 0.6) is 0 Å². The van der Waals surface area contributed by atoms with Gasteiger partial charge in [0, 0.05) is 30.7 Å². The number of carbonyl (C=O) groups is 2. The second kappa shape index (κ2) is 8.18. The van der Waals surface area contributed by atoms with E-state index in [1.807, 2.05) is 9.80 Å². The summed E-state index contributed by atoms with van der Waals surface area (Å²) in [6.45, 7) is 5.59. The van der Waals surface area contributed by atoms with Crippen LogP contribution in [0, 0.1) is 0 Å². The first-order valence-corrected chi connectivity index (χ1v) is 10.3. The van der Waals surface area contributed by atoms with E-state index in [1.165, 1.54) is 0 Å². The lowest BCUT2D eigenvalue weighted by Crippen LogP contribution is -2.42.